The van der Waals surface area contributed by atoms with Gasteiger partial charge >= 0.3 is 6.09 Å². The van der Waals surface area contributed by atoms with Gasteiger partial charge in [0.25, 0.3) is 0 Å². The van der Waals surface area contributed by atoms with Crippen LogP contribution in [0.2, 0.25) is 0 Å². The predicted octanol–water partition coefficient (Wildman–Crippen LogP) is 2.96. The van der Waals surface area contributed by atoms with E-state index in [0.29, 0.717) is 17.2 Å². The Bertz CT molecular complexity index is 749. The van der Waals surface area contributed by atoms with Crippen molar-refractivity contribution in [3.63, 3.8) is 0 Å². The molecule has 0 spiro atoms. The fraction of sp³-hybridized carbons (Fsp3) is 0.263. The lowest BCUT2D eigenvalue weighted by Crippen LogP contribution is -2.41. The Hall–Kier alpha value is -3.22. The zero-order chi connectivity index (χ0) is 18.9. The number of hydrogen-bond donors (Lipinski definition) is 2. The Balaban J connectivity index is 1.90. The molecule has 0 aromatic heterocycles. The molecular formula is C19H22N2O5. The highest BCUT2D eigenvalue weighted by Crippen LogP contribution is 2.28. The van der Waals surface area contributed by atoms with E-state index in [-0.39, 0.29) is 6.61 Å². The van der Waals surface area contributed by atoms with Crippen LogP contribution in [-0.4, -0.2) is 32.3 Å². The molecular weight excluding hydrogens is 336 g/mol. The first-order valence-corrected chi connectivity index (χ1v) is 8.03. The van der Waals surface area contributed by atoms with E-state index in [4.69, 9.17) is 14.2 Å². The first kappa shape index (κ1) is 19.1. The van der Waals surface area contributed by atoms with Crippen LogP contribution in [0.3, 0.4) is 0 Å². The van der Waals surface area contributed by atoms with Gasteiger partial charge in [0, 0.05) is 6.07 Å². The van der Waals surface area contributed by atoms with Crippen molar-refractivity contribution in [1.29, 1.82) is 0 Å². The smallest absolute Gasteiger partial charge is 0.408 e. The van der Waals surface area contributed by atoms with Gasteiger partial charge in [0.15, 0.2) is 0 Å². The first-order valence-electron chi connectivity index (χ1n) is 8.03. The molecule has 0 aliphatic carbocycles. The minimum Gasteiger partial charge on any atom is -0.497 e. The molecule has 2 aromatic rings. The van der Waals surface area contributed by atoms with Crippen molar-refractivity contribution < 1.29 is 23.8 Å². The van der Waals surface area contributed by atoms with Gasteiger partial charge in [-0.25, -0.2) is 4.79 Å². The Kier molecular flexibility index (Phi) is 6.84. The van der Waals surface area contributed by atoms with E-state index in [0.717, 1.165) is 5.56 Å². The molecule has 2 aromatic carbocycles. The van der Waals surface area contributed by atoms with E-state index in [2.05, 4.69) is 10.6 Å². The maximum absolute atomic E-state index is 12.3. The number of benzene rings is 2. The molecule has 0 fully saturated rings. The minimum absolute atomic E-state index is 0.130. The molecule has 26 heavy (non-hydrogen) atoms. The van der Waals surface area contributed by atoms with Crippen LogP contribution < -0.4 is 20.1 Å². The maximum atomic E-state index is 12.3. The fourth-order valence-corrected chi connectivity index (χ4v) is 2.16. The van der Waals surface area contributed by atoms with Crippen LogP contribution >= 0.6 is 0 Å². The molecule has 0 aliphatic heterocycles. The van der Waals surface area contributed by atoms with Crippen molar-refractivity contribution in [2.24, 2.45) is 0 Å². The van der Waals surface area contributed by atoms with Crippen molar-refractivity contribution in [3.05, 3.63) is 54.1 Å². The standard InChI is InChI=1S/C19H22N2O5/c1-13(20-19(23)26-12-14-7-5-4-6-8-14)18(22)21-16-11-15(24-2)9-10-17(16)25-3/h4-11,13H,12H2,1-3H3,(H,20,23)(H,21,22)/t13-/m1/s1. The Morgan fingerprint density at radius 2 is 1.77 bits per heavy atom. The summed E-state index contributed by atoms with van der Waals surface area (Å²) in [5, 5.41) is 5.19. The van der Waals surface area contributed by atoms with Crippen molar-refractivity contribution in [1.82, 2.24) is 5.32 Å². The average Bonchev–Trinajstić information content (AvgIpc) is 2.67. The van der Waals surface area contributed by atoms with E-state index in [1.165, 1.54) is 14.2 Å². The molecule has 2 amide bonds. The lowest BCUT2D eigenvalue weighted by atomic mass is 10.2. The molecule has 7 heteroatoms. The number of alkyl carbamates (subject to hydrolysis) is 1. The summed E-state index contributed by atoms with van der Waals surface area (Å²) in [6, 6.07) is 13.5. The number of anilines is 1. The van der Waals surface area contributed by atoms with Gasteiger partial charge in [-0.15, -0.1) is 0 Å². The third-order valence-electron chi connectivity index (χ3n) is 3.60. The van der Waals surface area contributed by atoms with E-state index in [1.54, 1.807) is 25.1 Å². The molecule has 0 bridgehead atoms. The molecule has 7 nitrogen and oxygen atoms in total. The van der Waals surface area contributed by atoms with Crippen LogP contribution in [0.5, 0.6) is 11.5 Å². The Morgan fingerprint density at radius 3 is 2.42 bits per heavy atom. The highest BCUT2D eigenvalue weighted by atomic mass is 16.5. The molecule has 0 heterocycles. The summed E-state index contributed by atoms with van der Waals surface area (Å²) < 4.78 is 15.5. The SMILES string of the molecule is COc1ccc(OC)c(NC(=O)[C@@H](C)NC(=O)OCc2ccccc2)c1. The largest absolute Gasteiger partial charge is 0.497 e. The lowest BCUT2D eigenvalue weighted by molar-refractivity contribution is -0.117. The second-order valence-corrected chi connectivity index (χ2v) is 5.48. The second-order valence-electron chi connectivity index (χ2n) is 5.48. The van der Waals surface area contributed by atoms with Gasteiger partial charge in [0.05, 0.1) is 19.9 Å². The maximum Gasteiger partial charge on any atom is 0.408 e. The molecule has 0 radical (unpaired) electrons. The van der Waals surface area contributed by atoms with E-state index in [1.807, 2.05) is 30.3 Å². The van der Waals surface area contributed by atoms with Gasteiger partial charge in [0.1, 0.15) is 24.1 Å². The fourth-order valence-electron chi connectivity index (χ4n) is 2.16. The van der Waals surface area contributed by atoms with E-state index in [9.17, 15) is 9.59 Å². The van der Waals surface area contributed by atoms with Crippen LogP contribution in [0.4, 0.5) is 10.5 Å². The van der Waals surface area contributed by atoms with Crippen molar-refractivity contribution in [3.8, 4) is 11.5 Å². The van der Waals surface area contributed by atoms with Crippen LogP contribution in [0.15, 0.2) is 48.5 Å². The normalized spacial score (nSPS) is 11.2. The predicted molar refractivity (Wildman–Crippen MR) is 97.4 cm³/mol. The monoisotopic (exact) mass is 358 g/mol. The van der Waals surface area contributed by atoms with Gasteiger partial charge in [-0.05, 0) is 24.6 Å². The summed E-state index contributed by atoms with van der Waals surface area (Å²) in [4.78, 5) is 24.2. The van der Waals surface area contributed by atoms with E-state index >= 15 is 0 Å². The molecule has 2 rings (SSSR count). The molecule has 0 unspecified atom stereocenters. The molecule has 0 saturated heterocycles. The number of carbonyl (C=O) groups excluding carboxylic acids is 2. The third kappa shape index (κ3) is 5.41. The summed E-state index contributed by atoms with van der Waals surface area (Å²) in [7, 11) is 3.03. The van der Waals surface area contributed by atoms with Crippen LogP contribution in [-0.2, 0) is 16.1 Å². The summed E-state index contributed by atoms with van der Waals surface area (Å²) in [6.45, 7) is 1.69. The van der Waals surface area contributed by atoms with Gasteiger partial charge in [-0.3, -0.25) is 4.79 Å². The topological polar surface area (TPSA) is 85.9 Å². The third-order valence-corrected chi connectivity index (χ3v) is 3.60. The van der Waals surface area contributed by atoms with Gasteiger partial charge in [0.2, 0.25) is 5.91 Å². The lowest BCUT2D eigenvalue weighted by Gasteiger charge is -2.16. The zero-order valence-corrected chi connectivity index (χ0v) is 14.9. The molecule has 138 valence electrons. The number of carbonyl (C=O) groups is 2. The van der Waals surface area contributed by atoms with Crippen molar-refractivity contribution in [2.45, 2.75) is 19.6 Å². The molecule has 0 saturated carbocycles. The highest BCUT2D eigenvalue weighted by Gasteiger charge is 2.18. The number of ether oxygens (including phenoxy) is 3. The minimum atomic E-state index is -0.797. The summed E-state index contributed by atoms with van der Waals surface area (Å²) in [5.41, 5.74) is 1.31. The van der Waals surface area contributed by atoms with Crippen molar-refractivity contribution in [2.75, 3.05) is 19.5 Å². The van der Waals surface area contributed by atoms with Gasteiger partial charge < -0.3 is 24.8 Å². The number of rotatable bonds is 7. The molecule has 2 N–H and O–H groups in total. The Morgan fingerprint density at radius 1 is 1.04 bits per heavy atom. The van der Waals surface area contributed by atoms with Gasteiger partial charge in [-0.1, -0.05) is 30.3 Å². The van der Waals surface area contributed by atoms with Crippen LogP contribution in [0.1, 0.15) is 12.5 Å². The van der Waals surface area contributed by atoms with Crippen LogP contribution in [0.25, 0.3) is 0 Å². The number of amides is 2. The van der Waals surface area contributed by atoms with Gasteiger partial charge in [-0.2, -0.15) is 0 Å². The summed E-state index contributed by atoms with van der Waals surface area (Å²) >= 11 is 0. The quantitative estimate of drug-likeness (QED) is 0.795. The number of methoxy groups -OCH3 is 2. The highest BCUT2D eigenvalue weighted by molar-refractivity contribution is 5.97. The van der Waals surface area contributed by atoms with E-state index < -0.39 is 18.0 Å². The number of nitrogens with one attached hydrogen (secondary N) is 2. The zero-order valence-electron chi connectivity index (χ0n) is 14.9. The van der Waals surface area contributed by atoms with Crippen LogP contribution in [0, 0.1) is 0 Å². The average molecular weight is 358 g/mol. The molecule has 1 atom stereocenters. The first-order chi connectivity index (χ1) is 12.5. The molecule has 0 aliphatic rings. The second kappa shape index (κ2) is 9.31. The van der Waals surface area contributed by atoms with Crippen molar-refractivity contribution >= 4 is 17.7 Å². The number of hydrogen-bond acceptors (Lipinski definition) is 5. The summed E-state index contributed by atoms with van der Waals surface area (Å²) in [6.07, 6.45) is -0.672. The summed E-state index contributed by atoms with van der Waals surface area (Å²) in [5.74, 6) is 0.648. The Labute approximate surface area is 152 Å².